The van der Waals surface area contributed by atoms with Crippen molar-refractivity contribution in [3.05, 3.63) is 18.0 Å². The van der Waals surface area contributed by atoms with Crippen LogP contribution in [0.4, 0.5) is 13.2 Å². The number of unbranched alkanes of at least 4 members (excludes halogenated alkanes) is 1. The second-order valence-electron chi connectivity index (χ2n) is 4.34. The summed E-state index contributed by atoms with van der Waals surface area (Å²) in [6, 6.07) is 0.773. The molecule has 2 N–H and O–H groups in total. The number of alkyl halides is 3. The fraction of sp³-hybridized carbons (Fsp3) is 0.545. The van der Waals surface area contributed by atoms with Crippen LogP contribution in [0.25, 0.3) is 0 Å². The normalized spacial score (nSPS) is 12.4. The van der Waals surface area contributed by atoms with Gasteiger partial charge in [0, 0.05) is 6.20 Å². The molecule has 0 aliphatic heterocycles. The van der Waals surface area contributed by atoms with Crippen LogP contribution in [-0.2, 0) is 21.3 Å². The quantitative estimate of drug-likeness (QED) is 0.635. The molecule has 1 rings (SSSR count). The number of primary sulfonamides is 1. The minimum Gasteiger partial charge on any atom is -0.461 e. The van der Waals surface area contributed by atoms with Crippen molar-refractivity contribution in [2.24, 2.45) is 5.14 Å². The van der Waals surface area contributed by atoms with Gasteiger partial charge in [-0.05, 0) is 12.5 Å². The number of hydrogen-bond donors (Lipinski definition) is 1. The van der Waals surface area contributed by atoms with Crippen LogP contribution in [0.1, 0.15) is 30.3 Å². The first-order valence-corrected chi connectivity index (χ1v) is 7.56. The number of ether oxygens (including phenoxy) is 1. The summed E-state index contributed by atoms with van der Waals surface area (Å²) in [5, 5.41) is 4.85. The molecule has 0 amide bonds. The first-order valence-electron chi connectivity index (χ1n) is 6.01. The van der Waals surface area contributed by atoms with Crippen LogP contribution in [0.2, 0.25) is 0 Å². The number of esters is 1. The van der Waals surface area contributed by atoms with Crippen molar-refractivity contribution in [1.82, 2.24) is 4.57 Å². The van der Waals surface area contributed by atoms with Gasteiger partial charge in [-0.15, -0.1) is 0 Å². The van der Waals surface area contributed by atoms with Crippen molar-refractivity contribution in [2.75, 3.05) is 6.61 Å². The summed E-state index contributed by atoms with van der Waals surface area (Å²) < 4.78 is 64.9. The Kier molecular flexibility index (Phi) is 5.40. The number of carbonyl (C=O) groups excluding carboxylic acids is 1. The highest BCUT2D eigenvalue weighted by molar-refractivity contribution is 7.89. The maximum Gasteiger partial charge on any atom is 0.406 e. The van der Waals surface area contributed by atoms with E-state index in [-0.39, 0.29) is 6.61 Å². The molecule has 0 aliphatic rings. The Bertz CT molecular complexity index is 607. The van der Waals surface area contributed by atoms with Gasteiger partial charge in [0.1, 0.15) is 17.1 Å². The van der Waals surface area contributed by atoms with Crippen LogP contribution in [-0.4, -0.2) is 31.7 Å². The van der Waals surface area contributed by atoms with Crippen molar-refractivity contribution in [1.29, 1.82) is 0 Å². The van der Waals surface area contributed by atoms with Crippen molar-refractivity contribution >= 4 is 16.0 Å². The molecule has 0 unspecified atom stereocenters. The summed E-state index contributed by atoms with van der Waals surface area (Å²) >= 11 is 0. The maximum absolute atomic E-state index is 12.4. The molecule has 120 valence electrons. The van der Waals surface area contributed by atoms with Crippen LogP contribution < -0.4 is 5.14 Å². The van der Waals surface area contributed by atoms with Gasteiger partial charge in [-0.1, -0.05) is 13.3 Å². The second-order valence-corrected chi connectivity index (χ2v) is 5.90. The number of nitrogens with zero attached hydrogens (tertiary/aromatic N) is 1. The summed E-state index contributed by atoms with van der Waals surface area (Å²) in [6.45, 7) is 0.372. The Balaban J connectivity index is 3.09. The third-order valence-electron chi connectivity index (χ3n) is 2.49. The number of carbonyl (C=O) groups is 1. The molecular formula is C11H15F3N2O4S. The van der Waals surface area contributed by atoms with E-state index in [9.17, 15) is 26.4 Å². The Labute approximate surface area is 119 Å². The molecule has 10 heteroatoms. The standard InChI is InChI=1S/C11H15F3N2O4S/c1-2-3-4-20-10(17)9-5-8(21(15,18)19)6-16(9)7-11(12,13)14/h5-6H,2-4,7H2,1H3,(H2,15,18,19). The van der Waals surface area contributed by atoms with Crippen LogP contribution in [0.5, 0.6) is 0 Å². The fourth-order valence-electron chi connectivity index (χ4n) is 1.52. The molecule has 0 radical (unpaired) electrons. The van der Waals surface area contributed by atoms with E-state index in [1.807, 2.05) is 6.92 Å². The predicted molar refractivity (Wildman–Crippen MR) is 67.1 cm³/mol. The molecule has 21 heavy (non-hydrogen) atoms. The topological polar surface area (TPSA) is 91.4 Å². The lowest BCUT2D eigenvalue weighted by Gasteiger charge is -2.11. The molecule has 1 aromatic heterocycles. The molecule has 0 aromatic carbocycles. The fourth-order valence-corrected chi connectivity index (χ4v) is 2.07. The molecule has 0 aliphatic carbocycles. The number of hydrogen-bond acceptors (Lipinski definition) is 4. The monoisotopic (exact) mass is 328 g/mol. The summed E-state index contributed by atoms with van der Waals surface area (Å²) in [5.41, 5.74) is -0.507. The van der Waals surface area contributed by atoms with E-state index >= 15 is 0 Å². The van der Waals surface area contributed by atoms with Crippen LogP contribution >= 0.6 is 0 Å². The van der Waals surface area contributed by atoms with Crippen molar-refractivity contribution < 1.29 is 31.1 Å². The van der Waals surface area contributed by atoms with Crippen LogP contribution in [0, 0.1) is 0 Å². The van der Waals surface area contributed by atoms with Gasteiger partial charge in [0.25, 0.3) is 0 Å². The minimum absolute atomic E-state index is 0.0389. The number of halogens is 3. The molecule has 0 spiro atoms. The third-order valence-corrected chi connectivity index (χ3v) is 3.37. The predicted octanol–water partition coefficient (Wildman–Crippen LogP) is 1.65. The Hall–Kier alpha value is -1.55. The van der Waals surface area contributed by atoms with Crippen molar-refractivity contribution in [3.63, 3.8) is 0 Å². The lowest BCUT2D eigenvalue weighted by Crippen LogP contribution is -2.21. The Morgan fingerprint density at radius 1 is 1.43 bits per heavy atom. The Morgan fingerprint density at radius 2 is 2.05 bits per heavy atom. The molecule has 6 nitrogen and oxygen atoms in total. The zero-order chi connectivity index (χ0) is 16.3. The highest BCUT2D eigenvalue weighted by atomic mass is 32.2. The highest BCUT2D eigenvalue weighted by Gasteiger charge is 2.31. The van der Waals surface area contributed by atoms with E-state index < -0.39 is 39.3 Å². The molecule has 0 fully saturated rings. The van der Waals surface area contributed by atoms with E-state index in [1.54, 1.807) is 0 Å². The van der Waals surface area contributed by atoms with Crippen molar-refractivity contribution in [3.8, 4) is 0 Å². The Morgan fingerprint density at radius 3 is 2.52 bits per heavy atom. The zero-order valence-corrected chi connectivity index (χ0v) is 12.0. The van der Waals surface area contributed by atoms with Gasteiger partial charge in [-0.3, -0.25) is 0 Å². The largest absolute Gasteiger partial charge is 0.461 e. The summed E-state index contributed by atoms with van der Waals surface area (Å²) in [7, 11) is -4.21. The number of rotatable bonds is 6. The summed E-state index contributed by atoms with van der Waals surface area (Å²) in [6.07, 6.45) is -2.67. The summed E-state index contributed by atoms with van der Waals surface area (Å²) in [5.74, 6) is -1.03. The van der Waals surface area contributed by atoms with Crippen LogP contribution in [0.15, 0.2) is 17.2 Å². The third kappa shape index (κ3) is 5.38. The molecule has 0 saturated heterocycles. The number of nitrogens with two attached hydrogens (primary N) is 1. The lowest BCUT2D eigenvalue weighted by molar-refractivity contribution is -0.140. The van der Waals surface area contributed by atoms with Gasteiger partial charge in [0.2, 0.25) is 10.0 Å². The molecule has 0 atom stereocenters. The van der Waals surface area contributed by atoms with Gasteiger partial charge >= 0.3 is 12.1 Å². The van der Waals surface area contributed by atoms with E-state index in [4.69, 9.17) is 9.88 Å². The zero-order valence-electron chi connectivity index (χ0n) is 11.2. The molecule has 0 bridgehead atoms. The molecule has 0 saturated carbocycles. The van der Waals surface area contributed by atoms with E-state index in [0.717, 1.165) is 12.5 Å². The van der Waals surface area contributed by atoms with Gasteiger partial charge in [-0.2, -0.15) is 13.2 Å². The van der Waals surface area contributed by atoms with Crippen LogP contribution in [0.3, 0.4) is 0 Å². The first kappa shape index (κ1) is 17.5. The minimum atomic E-state index is -4.62. The SMILES string of the molecule is CCCCOC(=O)c1cc(S(N)(=O)=O)cn1CC(F)(F)F. The molecular weight excluding hydrogens is 313 g/mol. The summed E-state index contributed by atoms with van der Waals surface area (Å²) in [4.78, 5) is 11.1. The van der Waals surface area contributed by atoms with Gasteiger partial charge < -0.3 is 9.30 Å². The average molecular weight is 328 g/mol. The smallest absolute Gasteiger partial charge is 0.406 e. The first-order chi connectivity index (χ1) is 9.54. The second kappa shape index (κ2) is 6.48. The van der Waals surface area contributed by atoms with Crippen molar-refractivity contribution in [2.45, 2.75) is 37.4 Å². The molecule has 1 aromatic rings. The van der Waals surface area contributed by atoms with Gasteiger partial charge in [-0.25, -0.2) is 18.4 Å². The van der Waals surface area contributed by atoms with E-state index in [0.29, 0.717) is 17.2 Å². The lowest BCUT2D eigenvalue weighted by atomic mass is 10.3. The number of aromatic nitrogens is 1. The van der Waals surface area contributed by atoms with E-state index in [2.05, 4.69) is 0 Å². The molecule has 1 heterocycles. The average Bonchev–Trinajstić information content (AvgIpc) is 2.70. The van der Waals surface area contributed by atoms with E-state index in [1.165, 1.54) is 0 Å². The number of sulfonamides is 1. The highest BCUT2D eigenvalue weighted by Crippen LogP contribution is 2.22. The van der Waals surface area contributed by atoms with Gasteiger partial charge in [0.15, 0.2) is 0 Å². The van der Waals surface area contributed by atoms with Gasteiger partial charge in [0.05, 0.1) is 6.61 Å². The maximum atomic E-state index is 12.4.